The van der Waals surface area contributed by atoms with E-state index in [1.807, 2.05) is 78.9 Å². The molecule has 0 atom stereocenters. The second-order valence-corrected chi connectivity index (χ2v) is 7.58. The Labute approximate surface area is 172 Å². The van der Waals surface area contributed by atoms with Crippen LogP contribution in [0.25, 0.3) is 21.9 Å². The predicted octanol–water partition coefficient (Wildman–Crippen LogP) is 6.59. The number of fused-ring (bicyclic) bond motifs is 1. The van der Waals surface area contributed by atoms with E-state index < -0.39 is 0 Å². The van der Waals surface area contributed by atoms with Crippen LogP contribution in [0.3, 0.4) is 0 Å². The molecule has 1 heterocycles. The van der Waals surface area contributed by atoms with Crippen LogP contribution in [-0.2, 0) is 6.61 Å². The van der Waals surface area contributed by atoms with Crippen molar-refractivity contribution in [2.24, 2.45) is 0 Å². The van der Waals surface area contributed by atoms with Crippen LogP contribution in [-0.4, -0.2) is 4.98 Å². The fourth-order valence-corrected chi connectivity index (χ4v) is 3.95. The molecular weight excluding hydrogens is 388 g/mol. The fourth-order valence-electron chi connectivity index (χ4n) is 2.80. The molecule has 0 radical (unpaired) electrons. The Morgan fingerprint density at radius 3 is 2.71 bits per heavy atom. The zero-order chi connectivity index (χ0) is 19.3. The maximum Gasteiger partial charge on any atom is 0.135 e. The van der Waals surface area contributed by atoms with Crippen molar-refractivity contribution in [3.8, 4) is 11.8 Å². The molecule has 0 amide bonds. The number of ether oxygens (including phenoxy) is 1. The van der Waals surface area contributed by atoms with Crippen molar-refractivity contribution in [2.45, 2.75) is 6.61 Å². The molecule has 4 rings (SSSR count). The first-order valence-electron chi connectivity index (χ1n) is 8.67. The van der Waals surface area contributed by atoms with E-state index in [1.54, 1.807) is 0 Å². The van der Waals surface area contributed by atoms with Gasteiger partial charge in [0.05, 0.1) is 15.8 Å². The molecular formula is C23H15ClN2OS. The number of benzene rings is 3. The van der Waals surface area contributed by atoms with E-state index >= 15 is 0 Å². The molecule has 0 unspecified atom stereocenters. The van der Waals surface area contributed by atoms with Crippen LogP contribution in [0.1, 0.15) is 16.1 Å². The van der Waals surface area contributed by atoms with Crippen molar-refractivity contribution in [2.75, 3.05) is 0 Å². The minimum Gasteiger partial charge on any atom is -0.488 e. The van der Waals surface area contributed by atoms with E-state index in [2.05, 4.69) is 11.1 Å². The van der Waals surface area contributed by atoms with Gasteiger partial charge in [-0.3, -0.25) is 0 Å². The van der Waals surface area contributed by atoms with Gasteiger partial charge in [-0.05, 0) is 42.0 Å². The topological polar surface area (TPSA) is 45.9 Å². The summed E-state index contributed by atoms with van der Waals surface area (Å²) in [5.74, 6) is 0.705. The quantitative estimate of drug-likeness (QED) is 0.353. The van der Waals surface area contributed by atoms with Crippen LogP contribution < -0.4 is 4.74 Å². The van der Waals surface area contributed by atoms with Crippen LogP contribution in [0.2, 0.25) is 5.02 Å². The van der Waals surface area contributed by atoms with E-state index in [1.165, 1.54) is 11.3 Å². The van der Waals surface area contributed by atoms with E-state index in [-0.39, 0.29) is 0 Å². The standard InChI is InChI=1S/C23H15ClN2OS/c24-19-8-5-6-16(12-19)15-27-21-10-3-1-7-17(21)13-18(14-25)23-26-20-9-2-4-11-22(20)28-23/h1-13H,15H2/b18-13-. The SMILES string of the molecule is N#C/C(=C/c1ccccc1OCc1cccc(Cl)c1)c1nc2ccccc2s1. The highest BCUT2D eigenvalue weighted by Gasteiger charge is 2.10. The summed E-state index contributed by atoms with van der Waals surface area (Å²) in [7, 11) is 0. The zero-order valence-electron chi connectivity index (χ0n) is 14.8. The smallest absolute Gasteiger partial charge is 0.135 e. The molecule has 0 spiro atoms. The van der Waals surface area contributed by atoms with Gasteiger partial charge in [0.25, 0.3) is 0 Å². The summed E-state index contributed by atoms with van der Waals surface area (Å²) in [4.78, 5) is 4.59. The Bertz CT molecular complexity index is 1170. The number of allylic oxidation sites excluding steroid dienone is 1. The molecule has 0 aliphatic carbocycles. The lowest BCUT2D eigenvalue weighted by molar-refractivity contribution is 0.305. The summed E-state index contributed by atoms with van der Waals surface area (Å²) in [6.45, 7) is 0.397. The Morgan fingerprint density at radius 1 is 1.07 bits per heavy atom. The first-order chi connectivity index (χ1) is 13.7. The molecule has 1 aromatic heterocycles. The van der Waals surface area contributed by atoms with Gasteiger partial charge in [-0.15, -0.1) is 11.3 Å². The number of thiazole rings is 1. The number of hydrogen-bond donors (Lipinski definition) is 0. The molecule has 0 N–H and O–H groups in total. The largest absolute Gasteiger partial charge is 0.488 e. The summed E-state index contributed by atoms with van der Waals surface area (Å²) >= 11 is 7.55. The Morgan fingerprint density at radius 2 is 1.89 bits per heavy atom. The number of nitriles is 1. The van der Waals surface area contributed by atoms with Crippen LogP contribution in [0.5, 0.6) is 5.75 Å². The molecule has 3 nitrogen and oxygen atoms in total. The number of aromatic nitrogens is 1. The van der Waals surface area contributed by atoms with Crippen molar-refractivity contribution >= 4 is 44.8 Å². The minimum atomic E-state index is 0.397. The lowest BCUT2D eigenvalue weighted by Crippen LogP contribution is -1.97. The summed E-state index contributed by atoms with van der Waals surface area (Å²) in [5, 5.41) is 11.1. The van der Waals surface area contributed by atoms with Gasteiger partial charge in [0, 0.05) is 10.6 Å². The molecule has 0 fully saturated rings. The molecule has 3 aromatic carbocycles. The van der Waals surface area contributed by atoms with Gasteiger partial charge in [0.1, 0.15) is 23.4 Å². The Kier molecular flexibility index (Phi) is 5.38. The van der Waals surface area contributed by atoms with Gasteiger partial charge in [0.2, 0.25) is 0 Å². The summed E-state index contributed by atoms with van der Waals surface area (Å²) in [5.41, 5.74) is 3.23. The molecule has 0 aliphatic heterocycles. The first kappa shape index (κ1) is 18.2. The lowest BCUT2D eigenvalue weighted by atomic mass is 10.1. The van der Waals surface area contributed by atoms with Gasteiger partial charge < -0.3 is 4.74 Å². The highest BCUT2D eigenvalue weighted by molar-refractivity contribution is 7.19. The molecule has 0 bridgehead atoms. The third-order valence-corrected chi connectivity index (χ3v) is 5.45. The zero-order valence-corrected chi connectivity index (χ0v) is 16.4. The van der Waals surface area contributed by atoms with Crippen LogP contribution in [0.15, 0.2) is 72.8 Å². The average Bonchev–Trinajstić information content (AvgIpc) is 3.15. The van der Waals surface area contributed by atoms with Crippen molar-refractivity contribution < 1.29 is 4.74 Å². The normalized spacial score (nSPS) is 11.4. The maximum atomic E-state index is 9.69. The molecule has 5 heteroatoms. The molecule has 136 valence electrons. The predicted molar refractivity (Wildman–Crippen MR) is 115 cm³/mol. The molecule has 28 heavy (non-hydrogen) atoms. The Balaban J connectivity index is 1.63. The molecule has 0 saturated carbocycles. The van der Waals surface area contributed by atoms with E-state index in [4.69, 9.17) is 16.3 Å². The minimum absolute atomic E-state index is 0.397. The van der Waals surface area contributed by atoms with Gasteiger partial charge in [0.15, 0.2) is 0 Å². The lowest BCUT2D eigenvalue weighted by Gasteiger charge is -2.10. The van der Waals surface area contributed by atoms with Crippen molar-refractivity contribution in [1.82, 2.24) is 4.98 Å². The second-order valence-electron chi connectivity index (χ2n) is 6.11. The van der Waals surface area contributed by atoms with Crippen molar-refractivity contribution in [1.29, 1.82) is 5.26 Å². The van der Waals surface area contributed by atoms with E-state index in [0.29, 0.717) is 28.0 Å². The number of hydrogen-bond acceptors (Lipinski definition) is 4. The number of para-hydroxylation sites is 2. The summed E-state index contributed by atoms with van der Waals surface area (Å²) in [6.07, 6.45) is 1.82. The third kappa shape index (κ3) is 4.07. The van der Waals surface area contributed by atoms with Gasteiger partial charge in [-0.25, -0.2) is 4.98 Å². The van der Waals surface area contributed by atoms with Gasteiger partial charge in [-0.1, -0.05) is 54.1 Å². The summed E-state index contributed by atoms with van der Waals surface area (Å²) < 4.78 is 7.05. The molecule has 0 aliphatic rings. The van der Waals surface area contributed by atoms with E-state index in [9.17, 15) is 5.26 Å². The van der Waals surface area contributed by atoms with Crippen LogP contribution in [0, 0.1) is 11.3 Å². The second kappa shape index (κ2) is 8.26. The van der Waals surface area contributed by atoms with E-state index in [0.717, 1.165) is 21.3 Å². The monoisotopic (exact) mass is 402 g/mol. The molecule has 4 aromatic rings. The van der Waals surface area contributed by atoms with Gasteiger partial charge >= 0.3 is 0 Å². The van der Waals surface area contributed by atoms with Crippen molar-refractivity contribution in [3.63, 3.8) is 0 Å². The molecule has 0 saturated heterocycles. The van der Waals surface area contributed by atoms with Gasteiger partial charge in [-0.2, -0.15) is 5.26 Å². The van der Waals surface area contributed by atoms with Crippen LogP contribution in [0.4, 0.5) is 0 Å². The highest BCUT2D eigenvalue weighted by Crippen LogP contribution is 2.30. The fraction of sp³-hybridized carbons (Fsp3) is 0.0435. The number of nitrogens with zero attached hydrogens (tertiary/aromatic N) is 2. The highest BCUT2D eigenvalue weighted by atomic mass is 35.5. The summed E-state index contributed by atoms with van der Waals surface area (Å²) in [6, 6.07) is 25.4. The first-order valence-corrected chi connectivity index (χ1v) is 9.86. The number of rotatable bonds is 5. The Hall–Kier alpha value is -3.13. The third-order valence-electron chi connectivity index (χ3n) is 4.15. The average molecular weight is 403 g/mol. The van der Waals surface area contributed by atoms with Crippen molar-refractivity contribution in [3.05, 3.63) is 94.0 Å². The van der Waals surface area contributed by atoms with Crippen LogP contribution >= 0.6 is 22.9 Å². The number of halogens is 1. The maximum absolute atomic E-state index is 9.69.